The van der Waals surface area contributed by atoms with Crippen LogP contribution in [0.2, 0.25) is 0 Å². The third-order valence-electron chi connectivity index (χ3n) is 3.23. The fraction of sp³-hybridized carbons (Fsp3) is 0.625. The summed E-state index contributed by atoms with van der Waals surface area (Å²) in [5, 5.41) is 12.8. The number of nitrogens with zero attached hydrogens (tertiary/aromatic N) is 1. The Morgan fingerprint density at radius 3 is 2.55 bits per heavy atom. The highest BCUT2D eigenvalue weighted by Gasteiger charge is 2.06. The summed E-state index contributed by atoms with van der Waals surface area (Å²) in [6, 6.07) is 6.44. The summed E-state index contributed by atoms with van der Waals surface area (Å²) >= 11 is 3.65. The molecular formula is C16H27BrN2O. The molecule has 2 N–H and O–H groups in total. The van der Waals surface area contributed by atoms with E-state index in [0.717, 1.165) is 30.5 Å². The molecular weight excluding hydrogens is 316 g/mol. The topological polar surface area (TPSA) is 35.5 Å². The monoisotopic (exact) mass is 342 g/mol. The first-order valence-electron chi connectivity index (χ1n) is 7.28. The molecule has 1 aromatic carbocycles. The minimum Gasteiger partial charge on any atom is -0.393 e. The van der Waals surface area contributed by atoms with Gasteiger partial charge in [-0.2, -0.15) is 0 Å². The molecule has 0 aliphatic heterocycles. The van der Waals surface area contributed by atoms with Crippen molar-refractivity contribution < 1.29 is 5.11 Å². The number of aliphatic hydroxyl groups excluding tert-OH is 1. The standard InChI is InChI=1S/C16H27BrN2O/c1-12(2)10-18-11-14-5-6-15(9-16(14)17)19(4)8-7-13(3)20/h5-6,9,12-13,18,20H,7-8,10-11H2,1-4H3. The molecule has 0 heterocycles. The fourth-order valence-electron chi connectivity index (χ4n) is 1.92. The van der Waals surface area contributed by atoms with E-state index in [0.29, 0.717) is 5.92 Å². The van der Waals surface area contributed by atoms with Gasteiger partial charge >= 0.3 is 0 Å². The van der Waals surface area contributed by atoms with E-state index in [4.69, 9.17) is 0 Å². The smallest absolute Gasteiger partial charge is 0.0528 e. The summed E-state index contributed by atoms with van der Waals surface area (Å²) < 4.78 is 1.13. The average molecular weight is 343 g/mol. The van der Waals surface area contributed by atoms with Crippen LogP contribution in [0, 0.1) is 5.92 Å². The number of halogens is 1. The largest absolute Gasteiger partial charge is 0.393 e. The molecule has 1 atom stereocenters. The van der Waals surface area contributed by atoms with E-state index in [2.05, 4.69) is 65.2 Å². The quantitative estimate of drug-likeness (QED) is 0.759. The van der Waals surface area contributed by atoms with Gasteiger partial charge in [-0.05, 0) is 43.5 Å². The van der Waals surface area contributed by atoms with Gasteiger partial charge in [-0.25, -0.2) is 0 Å². The molecule has 4 heteroatoms. The first kappa shape index (κ1) is 17.5. The second-order valence-corrected chi connectivity index (χ2v) is 6.71. The van der Waals surface area contributed by atoms with Crippen LogP contribution in [0.1, 0.15) is 32.8 Å². The molecule has 0 fully saturated rings. The Morgan fingerprint density at radius 1 is 1.30 bits per heavy atom. The molecule has 0 amide bonds. The van der Waals surface area contributed by atoms with Crippen LogP contribution in [-0.2, 0) is 6.54 Å². The molecule has 114 valence electrons. The molecule has 1 aromatic rings. The SMILES string of the molecule is CC(C)CNCc1ccc(N(C)CCC(C)O)cc1Br. The van der Waals surface area contributed by atoms with Crippen molar-refractivity contribution in [2.24, 2.45) is 5.92 Å². The van der Waals surface area contributed by atoms with E-state index >= 15 is 0 Å². The lowest BCUT2D eigenvalue weighted by molar-refractivity contribution is 0.187. The Morgan fingerprint density at radius 2 is 2.00 bits per heavy atom. The van der Waals surface area contributed by atoms with E-state index in [9.17, 15) is 5.11 Å². The van der Waals surface area contributed by atoms with Gasteiger partial charge in [0.25, 0.3) is 0 Å². The van der Waals surface area contributed by atoms with E-state index in [1.165, 1.54) is 11.3 Å². The van der Waals surface area contributed by atoms with Crippen molar-refractivity contribution in [2.75, 3.05) is 25.0 Å². The number of benzene rings is 1. The van der Waals surface area contributed by atoms with Crippen LogP contribution in [0.4, 0.5) is 5.69 Å². The molecule has 3 nitrogen and oxygen atoms in total. The highest BCUT2D eigenvalue weighted by molar-refractivity contribution is 9.10. The Labute approximate surface area is 131 Å². The molecule has 0 bridgehead atoms. The third-order valence-corrected chi connectivity index (χ3v) is 3.97. The maximum atomic E-state index is 9.34. The van der Waals surface area contributed by atoms with E-state index in [1.807, 2.05) is 6.92 Å². The van der Waals surface area contributed by atoms with Crippen molar-refractivity contribution >= 4 is 21.6 Å². The Kier molecular flexibility index (Phi) is 7.56. The summed E-state index contributed by atoms with van der Waals surface area (Å²) in [7, 11) is 2.06. The van der Waals surface area contributed by atoms with Crippen LogP contribution in [0.15, 0.2) is 22.7 Å². The minimum atomic E-state index is -0.250. The van der Waals surface area contributed by atoms with Gasteiger partial charge < -0.3 is 15.3 Å². The van der Waals surface area contributed by atoms with Crippen molar-refractivity contribution in [2.45, 2.75) is 39.8 Å². The molecule has 0 radical (unpaired) electrons. The molecule has 0 aromatic heterocycles. The Hall–Kier alpha value is -0.580. The molecule has 0 saturated carbocycles. The number of anilines is 1. The predicted molar refractivity (Wildman–Crippen MR) is 90.3 cm³/mol. The third kappa shape index (κ3) is 6.25. The first-order valence-corrected chi connectivity index (χ1v) is 8.07. The number of nitrogens with one attached hydrogen (secondary N) is 1. The lowest BCUT2D eigenvalue weighted by Gasteiger charge is -2.21. The van der Waals surface area contributed by atoms with Crippen LogP contribution < -0.4 is 10.2 Å². The number of rotatable bonds is 8. The van der Waals surface area contributed by atoms with E-state index < -0.39 is 0 Å². The van der Waals surface area contributed by atoms with Gasteiger partial charge in [0.05, 0.1) is 6.10 Å². The molecule has 20 heavy (non-hydrogen) atoms. The molecule has 0 saturated heterocycles. The second kappa shape index (κ2) is 8.65. The van der Waals surface area contributed by atoms with Crippen molar-refractivity contribution in [1.29, 1.82) is 0 Å². The average Bonchev–Trinajstić information content (AvgIpc) is 2.37. The van der Waals surface area contributed by atoms with Gasteiger partial charge in [0.2, 0.25) is 0 Å². The second-order valence-electron chi connectivity index (χ2n) is 5.86. The highest BCUT2D eigenvalue weighted by Crippen LogP contribution is 2.24. The lowest BCUT2D eigenvalue weighted by atomic mass is 10.1. The van der Waals surface area contributed by atoms with Crippen LogP contribution >= 0.6 is 15.9 Å². The molecule has 1 unspecified atom stereocenters. The summed E-state index contributed by atoms with van der Waals surface area (Å²) in [5.41, 5.74) is 2.45. The highest BCUT2D eigenvalue weighted by atomic mass is 79.9. The maximum absolute atomic E-state index is 9.34. The van der Waals surface area contributed by atoms with Crippen molar-refractivity contribution in [1.82, 2.24) is 5.32 Å². The van der Waals surface area contributed by atoms with Gasteiger partial charge in [0, 0.05) is 30.3 Å². The van der Waals surface area contributed by atoms with Crippen molar-refractivity contribution in [3.63, 3.8) is 0 Å². The van der Waals surface area contributed by atoms with Crippen LogP contribution in [0.5, 0.6) is 0 Å². The molecule has 0 spiro atoms. The van der Waals surface area contributed by atoms with Gasteiger partial charge in [0.15, 0.2) is 0 Å². The Balaban J connectivity index is 2.58. The maximum Gasteiger partial charge on any atom is 0.0528 e. The molecule has 1 rings (SSSR count). The number of hydrogen-bond acceptors (Lipinski definition) is 3. The van der Waals surface area contributed by atoms with Crippen molar-refractivity contribution in [3.05, 3.63) is 28.2 Å². The minimum absolute atomic E-state index is 0.250. The summed E-state index contributed by atoms with van der Waals surface area (Å²) in [5.74, 6) is 0.666. The Bertz CT molecular complexity index is 407. The normalized spacial score (nSPS) is 12.8. The zero-order valence-corrected chi connectivity index (χ0v) is 14.6. The number of hydrogen-bond donors (Lipinski definition) is 2. The van der Waals surface area contributed by atoms with Crippen LogP contribution in [-0.4, -0.2) is 31.3 Å². The summed E-state index contributed by atoms with van der Waals surface area (Å²) in [6.45, 7) is 9.02. The van der Waals surface area contributed by atoms with Gasteiger partial charge in [-0.1, -0.05) is 35.8 Å². The van der Waals surface area contributed by atoms with Crippen LogP contribution in [0.25, 0.3) is 0 Å². The summed E-state index contributed by atoms with van der Waals surface area (Å²) in [6.07, 6.45) is 0.534. The van der Waals surface area contributed by atoms with Crippen molar-refractivity contribution in [3.8, 4) is 0 Å². The first-order chi connectivity index (χ1) is 9.40. The zero-order chi connectivity index (χ0) is 15.1. The van der Waals surface area contributed by atoms with E-state index in [-0.39, 0.29) is 6.10 Å². The molecule has 0 aliphatic rings. The number of aliphatic hydroxyl groups is 1. The fourth-order valence-corrected chi connectivity index (χ4v) is 2.43. The van der Waals surface area contributed by atoms with Gasteiger partial charge in [0.1, 0.15) is 0 Å². The van der Waals surface area contributed by atoms with Gasteiger partial charge in [-0.3, -0.25) is 0 Å². The van der Waals surface area contributed by atoms with Gasteiger partial charge in [-0.15, -0.1) is 0 Å². The zero-order valence-electron chi connectivity index (χ0n) is 13.0. The summed E-state index contributed by atoms with van der Waals surface area (Å²) in [4.78, 5) is 2.17. The molecule has 0 aliphatic carbocycles. The predicted octanol–water partition coefficient (Wildman–Crippen LogP) is 3.40. The lowest BCUT2D eigenvalue weighted by Crippen LogP contribution is -2.22. The van der Waals surface area contributed by atoms with Crippen LogP contribution in [0.3, 0.4) is 0 Å². The van der Waals surface area contributed by atoms with E-state index in [1.54, 1.807) is 0 Å².